The number of hydrogen-bond donors (Lipinski definition) is 0. The predicted molar refractivity (Wildman–Crippen MR) is 107 cm³/mol. The summed E-state index contributed by atoms with van der Waals surface area (Å²) in [4.78, 5) is 18.9. The van der Waals surface area contributed by atoms with Gasteiger partial charge in [-0.3, -0.25) is 9.69 Å². The number of carbonyl (C=O) groups is 1. The van der Waals surface area contributed by atoms with Crippen LogP contribution in [0.2, 0.25) is 0 Å². The molecule has 0 unspecified atom stereocenters. The van der Waals surface area contributed by atoms with Gasteiger partial charge in [-0.25, -0.2) is 0 Å². The zero-order valence-corrected chi connectivity index (χ0v) is 16.4. The molecule has 3 aliphatic rings. The van der Waals surface area contributed by atoms with Gasteiger partial charge in [-0.05, 0) is 42.7 Å². The van der Waals surface area contributed by atoms with E-state index < -0.39 is 0 Å². The number of amides is 1. The van der Waals surface area contributed by atoms with Crippen LogP contribution in [-0.4, -0.2) is 72.0 Å². The second-order valence-electron chi connectivity index (χ2n) is 7.73. The minimum absolute atomic E-state index is 0.00454. The molecule has 4 heterocycles. The SMILES string of the molecule is O=C(c1ccc(N2CCN(Cc3ccc4c(c3)OCO4)CC2)nn1)N1CCCC1. The van der Waals surface area contributed by atoms with Crippen LogP contribution < -0.4 is 14.4 Å². The van der Waals surface area contributed by atoms with Gasteiger partial charge in [-0.15, -0.1) is 10.2 Å². The highest BCUT2D eigenvalue weighted by molar-refractivity contribution is 5.92. The van der Waals surface area contributed by atoms with Gasteiger partial charge in [0.05, 0.1) is 0 Å². The third-order valence-electron chi connectivity index (χ3n) is 5.80. The van der Waals surface area contributed by atoms with Crippen LogP contribution in [0.1, 0.15) is 28.9 Å². The topological polar surface area (TPSA) is 71.0 Å². The number of hydrogen-bond acceptors (Lipinski definition) is 7. The molecule has 8 nitrogen and oxygen atoms in total. The number of rotatable bonds is 4. The predicted octanol–water partition coefficient (Wildman–Crippen LogP) is 1.76. The molecule has 3 aliphatic heterocycles. The van der Waals surface area contributed by atoms with Crippen molar-refractivity contribution in [3.05, 3.63) is 41.6 Å². The number of fused-ring (bicyclic) bond motifs is 1. The zero-order valence-electron chi connectivity index (χ0n) is 16.4. The molecular weight excluding hydrogens is 370 g/mol. The van der Waals surface area contributed by atoms with E-state index in [-0.39, 0.29) is 5.91 Å². The lowest BCUT2D eigenvalue weighted by molar-refractivity contribution is 0.0786. The summed E-state index contributed by atoms with van der Waals surface area (Å²) in [5.74, 6) is 2.49. The largest absolute Gasteiger partial charge is 0.454 e. The third-order valence-corrected chi connectivity index (χ3v) is 5.80. The van der Waals surface area contributed by atoms with E-state index in [4.69, 9.17) is 9.47 Å². The average molecular weight is 395 g/mol. The first-order valence-electron chi connectivity index (χ1n) is 10.3. The molecule has 0 atom stereocenters. The van der Waals surface area contributed by atoms with E-state index in [0.29, 0.717) is 12.5 Å². The van der Waals surface area contributed by atoms with Crippen molar-refractivity contribution in [3.8, 4) is 11.5 Å². The third kappa shape index (κ3) is 3.85. The Morgan fingerprint density at radius 3 is 2.45 bits per heavy atom. The van der Waals surface area contributed by atoms with E-state index in [1.54, 1.807) is 0 Å². The molecule has 0 radical (unpaired) electrons. The Balaban J connectivity index is 1.16. The first-order chi connectivity index (χ1) is 14.3. The Morgan fingerprint density at radius 2 is 1.69 bits per heavy atom. The molecule has 0 spiro atoms. The molecule has 2 saturated heterocycles. The number of nitrogens with zero attached hydrogens (tertiary/aromatic N) is 5. The maximum atomic E-state index is 12.4. The Bertz CT molecular complexity index is 874. The van der Waals surface area contributed by atoms with Gasteiger partial charge in [0.25, 0.3) is 5.91 Å². The lowest BCUT2D eigenvalue weighted by Gasteiger charge is -2.35. The molecule has 29 heavy (non-hydrogen) atoms. The Morgan fingerprint density at radius 1 is 0.897 bits per heavy atom. The summed E-state index contributed by atoms with van der Waals surface area (Å²) in [7, 11) is 0. The van der Waals surface area contributed by atoms with Crippen molar-refractivity contribution in [3.63, 3.8) is 0 Å². The van der Waals surface area contributed by atoms with Gasteiger partial charge < -0.3 is 19.3 Å². The monoisotopic (exact) mass is 395 g/mol. The number of benzene rings is 1. The summed E-state index contributed by atoms with van der Waals surface area (Å²) in [6.45, 7) is 6.52. The molecular formula is C21H25N5O3. The molecule has 2 aromatic rings. The number of ether oxygens (including phenoxy) is 2. The molecule has 2 fully saturated rings. The van der Waals surface area contributed by atoms with Gasteiger partial charge in [-0.2, -0.15) is 0 Å². The van der Waals surface area contributed by atoms with Gasteiger partial charge in [0.2, 0.25) is 6.79 Å². The standard InChI is InChI=1S/C21H25N5O3/c27-21(26-7-1-2-8-26)17-4-6-20(23-22-17)25-11-9-24(10-12-25)14-16-3-5-18-19(13-16)29-15-28-18/h3-6,13H,1-2,7-12,14-15H2. The fourth-order valence-corrected chi connectivity index (χ4v) is 4.12. The van der Waals surface area contributed by atoms with Gasteiger partial charge in [0.15, 0.2) is 23.0 Å². The molecule has 0 saturated carbocycles. The molecule has 1 aromatic heterocycles. The highest BCUT2D eigenvalue weighted by Gasteiger charge is 2.23. The average Bonchev–Trinajstić information content (AvgIpc) is 3.46. The van der Waals surface area contributed by atoms with Crippen molar-refractivity contribution in [2.45, 2.75) is 19.4 Å². The highest BCUT2D eigenvalue weighted by atomic mass is 16.7. The molecule has 5 rings (SSSR count). The number of likely N-dealkylation sites (tertiary alicyclic amines) is 1. The summed E-state index contributed by atoms with van der Waals surface area (Å²) < 4.78 is 10.9. The smallest absolute Gasteiger partial charge is 0.274 e. The van der Waals surface area contributed by atoms with Crippen molar-refractivity contribution in [1.29, 1.82) is 0 Å². The fourth-order valence-electron chi connectivity index (χ4n) is 4.12. The number of aromatic nitrogens is 2. The summed E-state index contributed by atoms with van der Waals surface area (Å²) in [5.41, 5.74) is 1.67. The van der Waals surface area contributed by atoms with Crippen LogP contribution in [-0.2, 0) is 6.54 Å². The van der Waals surface area contributed by atoms with Gasteiger partial charge in [0.1, 0.15) is 0 Å². The maximum absolute atomic E-state index is 12.4. The lowest BCUT2D eigenvalue weighted by Crippen LogP contribution is -2.46. The number of anilines is 1. The van der Waals surface area contributed by atoms with Crippen LogP contribution >= 0.6 is 0 Å². The first kappa shape index (κ1) is 18.2. The Labute approximate surface area is 170 Å². The van der Waals surface area contributed by atoms with Crippen LogP contribution in [0, 0.1) is 0 Å². The van der Waals surface area contributed by atoms with E-state index in [0.717, 1.165) is 76.0 Å². The van der Waals surface area contributed by atoms with Gasteiger partial charge in [0, 0.05) is 45.8 Å². The number of piperazine rings is 1. The molecule has 152 valence electrons. The maximum Gasteiger partial charge on any atom is 0.274 e. The van der Waals surface area contributed by atoms with E-state index in [9.17, 15) is 4.79 Å². The van der Waals surface area contributed by atoms with E-state index in [1.165, 1.54) is 5.56 Å². The fraction of sp³-hybridized carbons (Fsp3) is 0.476. The summed E-state index contributed by atoms with van der Waals surface area (Å²) >= 11 is 0. The Kier molecular flexibility index (Phi) is 4.93. The molecule has 0 N–H and O–H groups in total. The molecule has 0 aliphatic carbocycles. The van der Waals surface area contributed by atoms with Crippen LogP contribution in [0.4, 0.5) is 5.82 Å². The summed E-state index contributed by atoms with van der Waals surface area (Å²) in [5, 5.41) is 8.52. The molecule has 8 heteroatoms. The van der Waals surface area contributed by atoms with E-state index in [2.05, 4.69) is 32.1 Å². The first-order valence-corrected chi connectivity index (χ1v) is 10.3. The second kappa shape index (κ2) is 7.87. The van der Waals surface area contributed by atoms with E-state index in [1.807, 2.05) is 23.1 Å². The molecule has 1 aromatic carbocycles. The minimum atomic E-state index is -0.00454. The van der Waals surface area contributed by atoms with Gasteiger partial charge >= 0.3 is 0 Å². The van der Waals surface area contributed by atoms with Crippen LogP contribution in [0.25, 0.3) is 0 Å². The van der Waals surface area contributed by atoms with Gasteiger partial charge in [-0.1, -0.05) is 6.07 Å². The van der Waals surface area contributed by atoms with Crippen molar-refractivity contribution in [1.82, 2.24) is 20.0 Å². The quantitative estimate of drug-likeness (QED) is 0.781. The summed E-state index contributed by atoms with van der Waals surface area (Å²) in [6, 6.07) is 9.87. The van der Waals surface area contributed by atoms with Crippen molar-refractivity contribution in [2.75, 3.05) is 51.0 Å². The lowest BCUT2D eigenvalue weighted by atomic mass is 10.1. The second-order valence-corrected chi connectivity index (χ2v) is 7.73. The zero-order chi connectivity index (χ0) is 19.6. The van der Waals surface area contributed by atoms with Crippen molar-refractivity contribution >= 4 is 11.7 Å². The summed E-state index contributed by atoms with van der Waals surface area (Å²) in [6.07, 6.45) is 2.15. The van der Waals surface area contributed by atoms with Crippen LogP contribution in [0.3, 0.4) is 0 Å². The normalized spacial score (nSPS) is 19.0. The molecule has 0 bridgehead atoms. The van der Waals surface area contributed by atoms with Crippen LogP contribution in [0.5, 0.6) is 11.5 Å². The van der Waals surface area contributed by atoms with E-state index >= 15 is 0 Å². The van der Waals surface area contributed by atoms with Crippen molar-refractivity contribution < 1.29 is 14.3 Å². The number of carbonyl (C=O) groups excluding carboxylic acids is 1. The Hall–Kier alpha value is -2.87. The van der Waals surface area contributed by atoms with Crippen molar-refractivity contribution in [2.24, 2.45) is 0 Å². The minimum Gasteiger partial charge on any atom is -0.454 e. The van der Waals surface area contributed by atoms with Crippen LogP contribution in [0.15, 0.2) is 30.3 Å². The molecule has 1 amide bonds. The highest BCUT2D eigenvalue weighted by Crippen LogP contribution is 2.32.